The molecule has 2 aromatic rings. The van der Waals surface area contributed by atoms with Gasteiger partial charge in [-0.3, -0.25) is 10.1 Å². The Morgan fingerprint density at radius 3 is 2.20 bits per heavy atom. The Bertz CT molecular complexity index is 644. The highest BCUT2D eigenvalue weighted by atomic mass is 35.5. The number of non-ortho nitro benzene ring substituents is 1. The molecule has 1 saturated heterocycles. The van der Waals surface area contributed by atoms with Crippen molar-refractivity contribution in [3.05, 3.63) is 70.3 Å². The SMILES string of the molecule is O=[N+]([O-])c1ccc(C2N(c3ccccc3)C2(Cl)Cl)cc1. The quantitative estimate of drug-likeness (QED) is 0.279. The van der Waals surface area contributed by atoms with Gasteiger partial charge in [0, 0.05) is 17.8 Å². The second-order valence-corrected chi connectivity index (χ2v) is 5.89. The average Bonchev–Trinajstić information content (AvgIpc) is 3.02. The van der Waals surface area contributed by atoms with Gasteiger partial charge in [0.1, 0.15) is 6.04 Å². The lowest BCUT2D eigenvalue weighted by Crippen LogP contribution is -2.00. The van der Waals surface area contributed by atoms with E-state index in [1.807, 2.05) is 35.2 Å². The molecule has 0 aromatic heterocycles. The Kier molecular flexibility index (Phi) is 3.07. The number of hydrogen-bond donors (Lipinski definition) is 0. The van der Waals surface area contributed by atoms with Crippen LogP contribution in [0.5, 0.6) is 0 Å². The van der Waals surface area contributed by atoms with Gasteiger partial charge < -0.3 is 4.90 Å². The molecule has 0 aliphatic carbocycles. The van der Waals surface area contributed by atoms with E-state index in [1.54, 1.807) is 12.1 Å². The molecule has 6 heteroatoms. The number of rotatable bonds is 3. The molecule has 1 unspecified atom stereocenters. The maximum absolute atomic E-state index is 10.7. The van der Waals surface area contributed by atoms with E-state index in [1.165, 1.54) is 12.1 Å². The smallest absolute Gasteiger partial charge is 0.269 e. The van der Waals surface area contributed by atoms with Crippen LogP contribution in [0, 0.1) is 10.1 Å². The Balaban J connectivity index is 1.89. The molecule has 0 N–H and O–H groups in total. The van der Waals surface area contributed by atoms with Gasteiger partial charge in [-0.25, -0.2) is 0 Å². The first kappa shape index (κ1) is 13.2. The normalized spacial score (nSPS) is 19.7. The largest absolute Gasteiger partial charge is 0.326 e. The third-order valence-corrected chi connectivity index (χ3v) is 4.07. The number of nitro groups is 1. The lowest BCUT2D eigenvalue weighted by Gasteiger charge is -2.05. The molecule has 0 spiro atoms. The molecule has 4 nitrogen and oxygen atoms in total. The van der Waals surface area contributed by atoms with Gasteiger partial charge >= 0.3 is 0 Å². The maximum Gasteiger partial charge on any atom is 0.269 e. The minimum absolute atomic E-state index is 0.0513. The van der Waals surface area contributed by atoms with Crippen molar-refractivity contribution in [1.29, 1.82) is 0 Å². The fourth-order valence-electron chi connectivity index (χ4n) is 2.28. The van der Waals surface area contributed by atoms with Gasteiger partial charge in [-0.05, 0) is 29.8 Å². The number of nitro benzene ring substituents is 1. The van der Waals surface area contributed by atoms with Gasteiger partial charge in [0.25, 0.3) is 5.69 Å². The van der Waals surface area contributed by atoms with Crippen LogP contribution in [0.4, 0.5) is 11.4 Å². The van der Waals surface area contributed by atoms with E-state index >= 15 is 0 Å². The Morgan fingerprint density at radius 2 is 1.65 bits per heavy atom. The summed E-state index contributed by atoms with van der Waals surface area (Å²) in [6.07, 6.45) is 0. The van der Waals surface area contributed by atoms with Crippen molar-refractivity contribution in [2.75, 3.05) is 4.90 Å². The molecular weight excluding hydrogens is 299 g/mol. The van der Waals surface area contributed by atoms with Crippen LogP contribution in [0.2, 0.25) is 0 Å². The monoisotopic (exact) mass is 308 g/mol. The average molecular weight is 309 g/mol. The third-order valence-electron chi connectivity index (χ3n) is 3.29. The highest BCUT2D eigenvalue weighted by Gasteiger charge is 2.62. The van der Waals surface area contributed by atoms with Gasteiger partial charge in [-0.15, -0.1) is 0 Å². The van der Waals surface area contributed by atoms with Crippen molar-refractivity contribution in [1.82, 2.24) is 0 Å². The molecule has 0 radical (unpaired) electrons. The van der Waals surface area contributed by atoms with Gasteiger partial charge in [0.05, 0.1) is 4.92 Å². The van der Waals surface area contributed by atoms with Crippen molar-refractivity contribution in [2.24, 2.45) is 0 Å². The van der Waals surface area contributed by atoms with Crippen LogP contribution in [-0.4, -0.2) is 9.38 Å². The first-order valence-corrected chi connectivity index (χ1v) is 6.74. The standard InChI is InChI=1S/C14H10Cl2N2O2/c15-14(16)13(17(14)11-4-2-1-3-5-11)10-6-8-12(9-7-10)18(19)20/h1-9,13H. The highest BCUT2D eigenvalue weighted by molar-refractivity contribution is 6.53. The van der Waals surface area contributed by atoms with E-state index in [9.17, 15) is 10.1 Å². The third kappa shape index (κ3) is 2.11. The molecule has 0 amide bonds. The van der Waals surface area contributed by atoms with E-state index in [0.29, 0.717) is 0 Å². The zero-order valence-corrected chi connectivity index (χ0v) is 11.8. The lowest BCUT2D eigenvalue weighted by atomic mass is 10.1. The predicted octanol–water partition coefficient (Wildman–Crippen LogP) is 4.29. The highest BCUT2D eigenvalue weighted by Crippen LogP contribution is 2.61. The first-order chi connectivity index (χ1) is 9.51. The molecule has 0 bridgehead atoms. The van der Waals surface area contributed by atoms with Gasteiger partial charge in [-0.1, -0.05) is 41.4 Å². The van der Waals surface area contributed by atoms with Crippen LogP contribution in [0.3, 0.4) is 0 Å². The molecular formula is C14H10Cl2N2O2. The molecule has 2 aromatic carbocycles. The van der Waals surface area contributed by atoms with Gasteiger partial charge in [0.15, 0.2) is 0 Å². The Morgan fingerprint density at radius 1 is 1.05 bits per heavy atom. The summed E-state index contributed by atoms with van der Waals surface area (Å²) in [6.45, 7) is 0. The van der Waals surface area contributed by atoms with Crippen molar-refractivity contribution >= 4 is 34.6 Å². The molecule has 1 aliphatic heterocycles. The van der Waals surface area contributed by atoms with Crippen molar-refractivity contribution in [2.45, 2.75) is 10.5 Å². The van der Waals surface area contributed by atoms with E-state index in [0.717, 1.165) is 11.3 Å². The zero-order valence-electron chi connectivity index (χ0n) is 10.2. The summed E-state index contributed by atoms with van der Waals surface area (Å²) in [5, 5.41) is 10.7. The minimum atomic E-state index is -1.02. The number of halogens is 2. The predicted molar refractivity (Wildman–Crippen MR) is 79.2 cm³/mol. The molecule has 20 heavy (non-hydrogen) atoms. The maximum atomic E-state index is 10.7. The fourth-order valence-corrected chi connectivity index (χ4v) is 3.02. The minimum Gasteiger partial charge on any atom is -0.326 e. The van der Waals surface area contributed by atoms with Crippen LogP contribution < -0.4 is 4.90 Å². The van der Waals surface area contributed by atoms with Gasteiger partial charge in [0.2, 0.25) is 4.46 Å². The molecule has 1 fully saturated rings. The second kappa shape index (κ2) is 4.65. The van der Waals surface area contributed by atoms with E-state index < -0.39 is 9.38 Å². The first-order valence-electron chi connectivity index (χ1n) is 5.98. The lowest BCUT2D eigenvalue weighted by molar-refractivity contribution is -0.384. The van der Waals surface area contributed by atoms with Crippen LogP contribution in [0.25, 0.3) is 0 Å². The summed E-state index contributed by atoms with van der Waals surface area (Å²) in [5.41, 5.74) is 1.82. The van der Waals surface area contributed by atoms with Crippen molar-refractivity contribution < 1.29 is 4.92 Å². The fraction of sp³-hybridized carbons (Fsp3) is 0.143. The number of alkyl halides is 2. The summed E-state index contributed by atoms with van der Waals surface area (Å²) < 4.78 is -1.02. The van der Waals surface area contributed by atoms with Crippen LogP contribution in [0.1, 0.15) is 11.6 Å². The van der Waals surface area contributed by atoms with Gasteiger partial charge in [-0.2, -0.15) is 0 Å². The molecule has 1 aliphatic rings. The number of nitrogens with zero attached hydrogens (tertiary/aromatic N) is 2. The zero-order chi connectivity index (χ0) is 14.3. The Hall–Kier alpha value is -1.78. The summed E-state index contributed by atoms with van der Waals surface area (Å²) in [6, 6.07) is 15.7. The second-order valence-electron chi connectivity index (χ2n) is 4.54. The number of anilines is 1. The number of benzene rings is 2. The topological polar surface area (TPSA) is 46.1 Å². The summed E-state index contributed by atoms with van der Waals surface area (Å²) >= 11 is 12.6. The van der Waals surface area contributed by atoms with E-state index in [4.69, 9.17) is 23.2 Å². The summed E-state index contributed by atoms with van der Waals surface area (Å²) in [7, 11) is 0. The Labute approximate surface area is 125 Å². The number of para-hydroxylation sites is 1. The van der Waals surface area contributed by atoms with E-state index in [-0.39, 0.29) is 11.7 Å². The van der Waals surface area contributed by atoms with Crippen molar-refractivity contribution in [3.8, 4) is 0 Å². The number of hydrogen-bond acceptors (Lipinski definition) is 3. The molecule has 1 heterocycles. The van der Waals surface area contributed by atoms with Crippen LogP contribution >= 0.6 is 23.2 Å². The molecule has 102 valence electrons. The van der Waals surface area contributed by atoms with E-state index in [2.05, 4.69) is 0 Å². The summed E-state index contributed by atoms with van der Waals surface area (Å²) in [4.78, 5) is 12.1. The van der Waals surface area contributed by atoms with Crippen LogP contribution in [-0.2, 0) is 0 Å². The van der Waals surface area contributed by atoms with Crippen molar-refractivity contribution in [3.63, 3.8) is 0 Å². The summed E-state index contributed by atoms with van der Waals surface area (Å²) in [5.74, 6) is 0. The molecule has 1 atom stereocenters. The molecule has 0 saturated carbocycles. The van der Waals surface area contributed by atoms with Crippen LogP contribution in [0.15, 0.2) is 54.6 Å². The molecule has 3 rings (SSSR count).